The number of halogens is 9. The van der Waals surface area contributed by atoms with Gasteiger partial charge in [0, 0.05) is 6.08 Å². The summed E-state index contributed by atoms with van der Waals surface area (Å²) in [5.74, 6) is 0. The summed E-state index contributed by atoms with van der Waals surface area (Å²) in [4.78, 5) is 2.06. The van der Waals surface area contributed by atoms with Gasteiger partial charge in [-0.15, -0.1) is 0 Å². The maximum absolute atomic E-state index is 12.2. The van der Waals surface area contributed by atoms with E-state index in [0.29, 0.717) is 6.08 Å². The topological polar surface area (TPSA) is 14.1 Å². The lowest BCUT2D eigenvalue weighted by atomic mass is 10.1. The fourth-order valence-corrected chi connectivity index (χ4v) is 0.924. The summed E-state index contributed by atoms with van der Waals surface area (Å²) in [7, 11) is 0. The summed E-state index contributed by atoms with van der Waals surface area (Å²) in [6, 6.07) is 0. The van der Waals surface area contributed by atoms with E-state index in [2.05, 4.69) is 4.99 Å². The van der Waals surface area contributed by atoms with Crippen molar-refractivity contribution >= 4 is 6.21 Å². The Hall–Kier alpha value is -1.48. The maximum atomic E-state index is 12.2. The Morgan fingerprint density at radius 1 is 0.722 bits per heavy atom. The van der Waals surface area contributed by atoms with Crippen LogP contribution < -0.4 is 4.99 Å². The average Bonchev–Trinajstić information content (AvgIpc) is 2.12. The van der Waals surface area contributed by atoms with Gasteiger partial charge in [-0.2, -0.15) is 39.5 Å². The number of nitrogens with zero attached hydrogens (tertiary/aromatic N) is 1. The van der Waals surface area contributed by atoms with E-state index in [-0.39, 0.29) is 0 Å². The molecule has 1 heterocycles. The van der Waals surface area contributed by atoms with E-state index in [1.165, 1.54) is 0 Å². The van der Waals surface area contributed by atoms with Crippen molar-refractivity contribution in [3.63, 3.8) is 0 Å². The van der Waals surface area contributed by atoms with Crippen molar-refractivity contribution in [2.45, 2.75) is 18.5 Å². The molecule has 0 spiro atoms. The highest BCUT2D eigenvalue weighted by Crippen LogP contribution is 2.38. The minimum atomic E-state index is -5.66. The molecule has 0 aliphatic carbocycles. The monoisotopic (exact) mass is 281 g/mol. The zero-order valence-corrected chi connectivity index (χ0v) is 7.85. The first kappa shape index (κ1) is 14.6. The molecular weight excluding hydrogens is 281 g/mol. The van der Waals surface area contributed by atoms with Crippen LogP contribution in [0.5, 0.6) is 0 Å². The second-order valence-electron chi connectivity index (χ2n) is 2.94. The first-order chi connectivity index (χ1) is 7.83. The van der Waals surface area contributed by atoms with Gasteiger partial charge in [-0.1, -0.05) is 0 Å². The molecule has 0 atom stereocenters. The fourth-order valence-electron chi connectivity index (χ4n) is 0.924. The van der Waals surface area contributed by atoms with Crippen molar-refractivity contribution < 1.29 is 39.5 Å². The molecule has 0 saturated heterocycles. The molecule has 1 aliphatic rings. The predicted molar refractivity (Wildman–Crippen MR) is 39.1 cm³/mol. The maximum Gasteiger partial charge on any atom is 0.485 e. The predicted octanol–water partition coefficient (Wildman–Crippen LogP) is 2.95. The normalized spacial score (nSPS) is 18.2. The Morgan fingerprint density at radius 3 is 1.56 bits per heavy atom. The zero-order valence-electron chi connectivity index (χ0n) is 7.85. The number of aliphatic imine (C=N–C) groups is 1. The largest absolute Gasteiger partial charge is 0.485 e. The third-order valence-electron chi connectivity index (χ3n) is 1.60. The van der Waals surface area contributed by atoms with Crippen LogP contribution in [-0.4, -0.2) is 24.7 Å². The third kappa shape index (κ3) is 3.05. The quantitative estimate of drug-likeness (QED) is 0.606. The first-order valence-corrected chi connectivity index (χ1v) is 3.90. The summed E-state index contributed by atoms with van der Waals surface area (Å²) in [6.07, 6.45) is -15.1. The molecular formula is C8F9N+. The minimum Gasteiger partial charge on any atom is -0.166 e. The van der Waals surface area contributed by atoms with Crippen LogP contribution in [0, 0.1) is 6.08 Å². The summed E-state index contributed by atoms with van der Waals surface area (Å²) in [6.45, 7) is 0. The van der Waals surface area contributed by atoms with Gasteiger partial charge in [0.15, 0.2) is 5.57 Å². The van der Waals surface area contributed by atoms with Crippen molar-refractivity contribution in [3.05, 3.63) is 22.9 Å². The molecule has 1 nitrogen and oxygen atoms in total. The van der Waals surface area contributed by atoms with E-state index >= 15 is 0 Å². The average molecular weight is 281 g/mol. The van der Waals surface area contributed by atoms with Crippen LogP contribution in [0.25, 0.3) is 0 Å². The van der Waals surface area contributed by atoms with Gasteiger partial charge in [0.1, 0.15) is 5.57 Å². The van der Waals surface area contributed by atoms with Gasteiger partial charge < -0.3 is 0 Å². The van der Waals surface area contributed by atoms with E-state index in [0.717, 1.165) is 6.21 Å². The smallest absolute Gasteiger partial charge is 0.166 e. The van der Waals surface area contributed by atoms with Crippen LogP contribution in [0.15, 0.2) is 16.8 Å². The molecule has 99 valence electrons. The minimum absolute atomic E-state index is 0.611. The highest BCUT2D eigenvalue weighted by molar-refractivity contribution is 5.81. The van der Waals surface area contributed by atoms with Crippen LogP contribution in [0.2, 0.25) is 0 Å². The van der Waals surface area contributed by atoms with Crippen molar-refractivity contribution in [2.75, 3.05) is 0 Å². The molecule has 18 heavy (non-hydrogen) atoms. The highest BCUT2D eigenvalue weighted by atomic mass is 19.4. The zero-order chi connectivity index (χ0) is 14.4. The second kappa shape index (κ2) is 4.02. The third-order valence-corrected chi connectivity index (χ3v) is 1.60. The molecule has 0 aromatic heterocycles. The van der Waals surface area contributed by atoms with Gasteiger partial charge in [-0.25, -0.2) is 0 Å². The van der Waals surface area contributed by atoms with Crippen LogP contribution in [-0.2, 0) is 0 Å². The van der Waals surface area contributed by atoms with Crippen LogP contribution in [0.4, 0.5) is 39.5 Å². The Labute approximate surface area is 93.3 Å². The standard InChI is InChI=1S/C8F9N/c9-6(10,11)3-1-4(7(12,13)14)5(18-2-3)8(15,16)17/q+1. The van der Waals surface area contributed by atoms with Crippen molar-refractivity contribution in [1.82, 2.24) is 4.99 Å². The molecule has 0 fully saturated rings. The van der Waals surface area contributed by atoms with Crippen molar-refractivity contribution in [1.29, 1.82) is 0 Å². The molecule has 0 aromatic rings. The summed E-state index contributed by atoms with van der Waals surface area (Å²) in [5, 5.41) is 0. The Bertz CT molecular complexity index is 429. The fraction of sp³-hybridized carbons (Fsp3) is 0.375. The lowest BCUT2D eigenvalue weighted by Gasteiger charge is -2.11. The molecule has 3 radical (unpaired) electrons. The van der Waals surface area contributed by atoms with Crippen molar-refractivity contribution in [3.8, 4) is 0 Å². The van der Waals surface area contributed by atoms with E-state index in [1.54, 1.807) is 0 Å². The van der Waals surface area contributed by atoms with E-state index in [1.807, 2.05) is 0 Å². The van der Waals surface area contributed by atoms with Gasteiger partial charge in [0.25, 0.3) is 0 Å². The second-order valence-corrected chi connectivity index (χ2v) is 2.94. The Morgan fingerprint density at radius 2 is 1.22 bits per heavy atom. The molecule has 0 saturated carbocycles. The SMILES string of the molecule is FC(F)(F)C1=[C]C(C(F)(F)F)=C(C(F)(F)F)[N+]=[C]1. The Kier molecular flexibility index (Phi) is 3.26. The number of hydrogen-bond acceptors (Lipinski definition) is 1. The number of rotatable bonds is 0. The molecule has 1 rings (SSSR count). The molecule has 0 N–H and O–H groups in total. The van der Waals surface area contributed by atoms with E-state index in [9.17, 15) is 39.5 Å². The summed E-state index contributed by atoms with van der Waals surface area (Å²) in [5.41, 5.74) is -7.29. The molecule has 0 bridgehead atoms. The molecule has 10 heteroatoms. The Balaban J connectivity index is 3.43. The van der Waals surface area contributed by atoms with Crippen molar-refractivity contribution in [2.24, 2.45) is 0 Å². The number of alkyl halides is 9. The van der Waals surface area contributed by atoms with Crippen LogP contribution >= 0.6 is 0 Å². The highest BCUT2D eigenvalue weighted by Gasteiger charge is 2.56. The van der Waals surface area contributed by atoms with E-state index < -0.39 is 35.4 Å². The summed E-state index contributed by atoms with van der Waals surface area (Å²) < 4.78 is 109. The summed E-state index contributed by atoms with van der Waals surface area (Å²) >= 11 is 0. The molecule has 1 aliphatic heterocycles. The van der Waals surface area contributed by atoms with Crippen LogP contribution in [0.3, 0.4) is 0 Å². The molecule has 0 aromatic carbocycles. The van der Waals surface area contributed by atoms with Gasteiger partial charge in [0.2, 0.25) is 0 Å². The van der Waals surface area contributed by atoms with Gasteiger partial charge in [0.05, 0.1) is 4.99 Å². The number of allylic oxidation sites excluding steroid dienone is 4. The van der Waals surface area contributed by atoms with Gasteiger partial charge in [-0.05, 0) is 0 Å². The van der Waals surface area contributed by atoms with Crippen LogP contribution in [0.1, 0.15) is 0 Å². The lowest BCUT2D eigenvalue weighted by Crippen LogP contribution is -2.30. The number of hydrogen-bond donors (Lipinski definition) is 0. The van der Waals surface area contributed by atoms with Gasteiger partial charge in [-0.3, -0.25) is 0 Å². The van der Waals surface area contributed by atoms with Gasteiger partial charge >= 0.3 is 30.4 Å². The molecule has 0 amide bonds. The lowest BCUT2D eigenvalue weighted by molar-refractivity contribution is -0.117. The molecule has 0 unspecified atom stereocenters. The van der Waals surface area contributed by atoms with E-state index in [4.69, 9.17) is 0 Å². The first-order valence-electron chi connectivity index (χ1n) is 3.90.